The van der Waals surface area contributed by atoms with Crippen LogP contribution in [0, 0.1) is 5.41 Å². The van der Waals surface area contributed by atoms with Crippen LogP contribution in [0.3, 0.4) is 0 Å². The molecule has 4 heteroatoms. The maximum atomic E-state index is 8.57. The van der Waals surface area contributed by atoms with Crippen molar-refractivity contribution in [3.63, 3.8) is 0 Å². The molecule has 1 saturated heterocycles. The van der Waals surface area contributed by atoms with Crippen LogP contribution in [-0.2, 0) is 0 Å². The summed E-state index contributed by atoms with van der Waals surface area (Å²) in [6, 6.07) is 0. The molecule has 2 aliphatic rings. The van der Waals surface area contributed by atoms with E-state index < -0.39 is 0 Å². The molecule has 0 bridgehead atoms. The minimum absolute atomic E-state index is 0.276. The number of oxime groups is 1. The number of guanidine groups is 1. The van der Waals surface area contributed by atoms with E-state index in [0.29, 0.717) is 5.41 Å². The van der Waals surface area contributed by atoms with Crippen LogP contribution in [0.15, 0.2) is 5.16 Å². The minimum Gasteiger partial charge on any atom is -0.408 e. The van der Waals surface area contributed by atoms with Crippen LogP contribution in [0.2, 0.25) is 0 Å². The van der Waals surface area contributed by atoms with E-state index >= 15 is 0 Å². The zero-order valence-electron chi connectivity index (χ0n) is 8.58. The Labute approximate surface area is 84.8 Å². The van der Waals surface area contributed by atoms with Gasteiger partial charge in [-0.2, -0.15) is 0 Å². The summed E-state index contributed by atoms with van der Waals surface area (Å²) in [6.07, 6.45) is 7.98. The summed E-state index contributed by atoms with van der Waals surface area (Å²) in [6.45, 7) is 1.91. The van der Waals surface area contributed by atoms with Crippen molar-refractivity contribution in [1.29, 1.82) is 0 Å². The first kappa shape index (κ1) is 9.62. The third-order valence-electron chi connectivity index (χ3n) is 3.91. The fourth-order valence-electron chi connectivity index (χ4n) is 2.90. The average Bonchev–Trinajstić information content (AvgIpc) is 2.67. The minimum atomic E-state index is 0.276. The van der Waals surface area contributed by atoms with Crippen molar-refractivity contribution in [3.05, 3.63) is 0 Å². The molecule has 14 heavy (non-hydrogen) atoms. The highest BCUT2D eigenvalue weighted by Crippen LogP contribution is 2.45. The Hall–Kier alpha value is -0.930. The maximum Gasteiger partial charge on any atom is 0.233 e. The van der Waals surface area contributed by atoms with Crippen LogP contribution in [0.25, 0.3) is 0 Å². The lowest BCUT2D eigenvalue weighted by atomic mass is 9.77. The molecule has 0 radical (unpaired) electrons. The van der Waals surface area contributed by atoms with Crippen molar-refractivity contribution >= 4 is 5.96 Å². The Bertz CT molecular complexity index is 224. The monoisotopic (exact) mass is 197 g/mol. The lowest BCUT2D eigenvalue weighted by Gasteiger charge is -2.39. The third-order valence-corrected chi connectivity index (χ3v) is 3.91. The predicted octanol–water partition coefficient (Wildman–Crippen LogP) is 1.35. The molecule has 80 valence electrons. The summed E-state index contributed by atoms with van der Waals surface area (Å²) in [5.41, 5.74) is 6.16. The molecular formula is C10H19N3O. The summed E-state index contributed by atoms with van der Waals surface area (Å²) in [5, 5.41) is 11.6. The molecule has 0 unspecified atom stereocenters. The van der Waals surface area contributed by atoms with E-state index in [4.69, 9.17) is 10.9 Å². The zero-order chi connectivity index (χ0) is 10.0. The van der Waals surface area contributed by atoms with Crippen LogP contribution >= 0.6 is 0 Å². The Balaban J connectivity index is 1.91. The van der Waals surface area contributed by atoms with E-state index in [0.717, 1.165) is 13.1 Å². The Morgan fingerprint density at radius 2 is 1.71 bits per heavy atom. The van der Waals surface area contributed by atoms with Crippen molar-refractivity contribution in [3.8, 4) is 0 Å². The molecular weight excluding hydrogens is 178 g/mol. The molecule has 0 amide bonds. The van der Waals surface area contributed by atoms with Crippen molar-refractivity contribution < 1.29 is 5.21 Å². The number of likely N-dealkylation sites (tertiary alicyclic amines) is 1. The number of hydrogen-bond acceptors (Lipinski definition) is 2. The molecule has 0 atom stereocenters. The largest absolute Gasteiger partial charge is 0.408 e. The van der Waals surface area contributed by atoms with Gasteiger partial charge in [0.15, 0.2) is 0 Å². The van der Waals surface area contributed by atoms with Gasteiger partial charge in [0, 0.05) is 13.1 Å². The number of nitrogens with zero attached hydrogens (tertiary/aromatic N) is 2. The lowest BCUT2D eigenvalue weighted by Crippen LogP contribution is -2.45. The highest BCUT2D eigenvalue weighted by atomic mass is 16.4. The second-order valence-corrected chi connectivity index (χ2v) is 4.65. The summed E-state index contributed by atoms with van der Waals surface area (Å²) >= 11 is 0. The molecule has 1 aliphatic heterocycles. The van der Waals surface area contributed by atoms with E-state index in [1.807, 2.05) is 4.90 Å². The van der Waals surface area contributed by atoms with Crippen molar-refractivity contribution in [1.82, 2.24) is 4.90 Å². The highest BCUT2D eigenvalue weighted by Gasteiger charge is 2.37. The topological polar surface area (TPSA) is 61.9 Å². The molecule has 1 saturated carbocycles. The molecule has 2 fully saturated rings. The van der Waals surface area contributed by atoms with Gasteiger partial charge in [-0.25, -0.2) is 0 Å². The first-order valence-corrected chi connectivity index (χ1v) is 5.48. The number of hydrogen-bond donors (Lipinski definition) is 2. The molecule has 2 rings (SSSR count). The Morgan fingerprint density at radius 3 is 2.21 bits per heavy atom. The molecule has 0 aromatic rings. The SMILES string of the molecule is NC(=NO)N1CCC2(CCCC2)CC1. The lowest BCUT2D eigenvalue weighted by molar-refractivity contribution is 0.149. The van der Waals surface area contributed by atoms with E-state index in [1.165, 1.54) is 38.5 Å². The van der Waals surface area contributed by atoms with Gasteiger partial charge in [-0.3, -0.25) is 0 Å². The fraction of sp³-hybridized carbons (Fsp3) is 0.900. The van der Waals surface area contributed by atoms with E-state index in [1.54, 1.807) is 0 Å². The Kier molecular flexibility index (Phi) is 2.52. The second-order valence-electron chi connectivity index (χ2n) is 4.65. The van der Waals surface area contributed by atoms with Gasteiger partial charge in [-0.1, -0.05) is 18.0 Å². The van der Waals surface area contributed by atoms with Crippen LogP contribution in [0.5, 0.6) is 0 Å². The quantitative estimate of drug-likeness (QED) is 0.267. The molecule has 0 aromatic heterocycles. The molecule has 1 aliphatic carbocycles. The van der Waals surface area contributed by atoms with Crippen LogP contribution in [-0.4, -0.2) is 29.2 Å². The van der Waals surface area contributed by atoms with Gasteiger partial charge in [0.25, 0.3) is 0 Å². The maximum absolute atomic E-state index is 8.57. The van der Waals surface area contributed by atoms with Crippen LogP contribution in [0.1, 0.15) is 38.5 Å². The number of rotatable bonds is 0. The number of nitrogens with two attached hydrogens (primary N) is 1. The number of piperidine rings is 1. The summed E-state index contributed by atoms with van der Waals surface area (Å²) in [7, 11) is 0. The molecule has 3 N–H and O–H groups in total. The third kappa shape index (κ3) is 1.65. The first-order valence-electron chi connectivity index (χ1n) is 5.48. The smallest absolute Gasteiger partial charge is 0.233 e. The second kappa shape index (κ2) is 3.67. The molecule has 1 spiro atoms. The van der Waals surface area contributed by atoms with Crippen molar-refractivity contribution in [2.24, 2.45) is 16.3 Å². The van der Waals surface area contributed by atoms with Crippen LogP contribution < -0.4 is 5.73 Å². The molecule has 0 aromatic carbocycles. The van der Waals surface area contributed by atoms with Crippen LogP contribution in [0.4, 0.5) is 0 Å². The van der Waals surface area contributed by atoms with Gasteiger partial charge < -0.3 is 15.8 Å². The average molecular weight is 197 g/mol. The van der Waals surface area contributed by atoms with Gasteiger partial charge in [0.05, 0.1) is 0 Å². The van der Waals surface area contributed by atoms with E-state index in [2.05, 4.69) is 5.16 Å². The van der Waals surface area contributed by atoms with E-state index in [9.17, 15) is 0 Å². The summed E-state index contributed by atoms with van der Waals surface area (Å²) in [5.74, 6) is 0.276. The van der Waals surface area contributed by atoms with Gasteiger partial charge in [0.2, 0.25) is 5.96 Å². The highest BCUT2D eigenvalue weighted by molar-refractivity contribution is 5.77. The van der Waals surface area contributed by atoms with Gasteiger partial charge in [-0.15, -0.1) is 0 Å². The predicted molar refractivity (Wildman–Crippen MR) is 55.1 cm³/mol. The van der Waals surface area contributed by atoms with Gasteiger partial charge in [-0.05, 0) is 31.1 Å². The van der Waals surface area contributed by atoms with Gasteiger partial charge >= 0.3 is 0 Å². The van der Waals surface area contributed by atoms with Crippen molar-refractivity contribution in [2.45, 2.75) is 38.5 Å². The standard InChI is InChI=1S/C10H19N3O/c11-9(12-14)13-7-5-10(6-8-13)3-1-2-4-10/h14H,1-8H2,(H2,11,12). The summed E-state index contributed by atoms with van der Waals surface area (Å²) in [4.78, 5) is 1.98. The fourth-order valence-corrected chi connectivity index (χ4v) is 2.90. The van der Waals surface area contributed by atoms with Crippen molar-refractivity contribution in [2.75, 3.05) is 13.1 Å². The normalized spacial score (nSPS) is 27.1. The van der Waals surface area contributed by atoms with Gasteiger partial charge in [0.1, 0.15) is 0 Å². The van der Waals surface area contributed by atoms with E-state index in [-0.39, 0.29) is 5.96 Å². The zero-order valence-corrected chi connectivity index (χ0v) is 8.58. The molecule has 1 heterocycles. The summed E-state index contributed by atoms with van der Waals surface area (Å²) < 4.78 is 0. The molecule has 4 nitrogen and oxygen atoms in total. The Morgan fingerprint density at radius 1 is 1.14 bits per heavy atom. The first-order chi connectivity index (χ1) is 6.76.